The quantitative estimate of drug-likeness (QED) is 0.704. The van der Waals surface area contributed by atoms with E-state index in [0.717, 1.165) is 13.0 Å². The second-order valence-electron chi connectivity index (χ2n) is 4.88. The van der Waals surface area contributed by atoms with E-state index in [-0.39, 0.29) is 4.90 Å². The highest BCUT2D eigenvalue weighted by Gasteiger charge is 2.26. The van der Waals surface area contributed by atoms with Gasteiger partial charge in [0.1, 0.15) is 10.7 Å². The van der Waals surface area contributed by atoms with Gasteiger partial charge in [0.2, 0.25) is 10.0 Å². The highest BCUT2D eigenvalue weighted by Crippen LogP contribution is 2.26. The number of nitrogens with one attached hydrogen (secondary N) is 1. The molecule has 0 aromatic heterocycles. The predicted molar refractivity (Wildman–Crippen MR) is 86.2 cm³/mol. The van der Waals surface area contributed by atoms with Crippen molar-refractivity contribution in [3.63, 3.8) is 0 Å². The van der Waals surface area contributed by atoms with E-state index in [1.165, 1.54) is 17.4 Å². The standard InChI is InChI=1S/C14H22BrFN2O2S/c1-4-6-17-10-11-8-12(15)9-13(14(11)16)21(19,20)18(3)7-5-2/h8-9,17H,4-7,10H2,1-3H3. The molecule has 0 unspecified atom stereocenters. The Labute approximate surface area is 134 Å². The van der Waals surface area contributed by atoms with Crippen molar-refractivity contribution in [3.05, 3.63) is 28.0 Å². The summed E-state index contributed by atoms with van der Waals surface area (Å²) in [5.74, 6) is -0.676. The first-order chi connectivity index (χ1) is 9.84. The van der Waals surface area contributed by atoms with Crippen LogP contribution in [0.4, 0.5) is 4.39 Å². The monoisotopic (exact) mass is 380 g/mol. The maximum Gasteiger partial charge on any atom is 0.245 e. The smallest absolute Gasteiger partial charge is 0.245 e. The zero-order valence-electron chi connectivity index (χ0n) is 12.6. The Balaban J connectivity index is 3.18. The van der Waals surface area contributed by atoms with E-state index in [1.807, 2.05) is 13.8 Å². The summed E-state index contributed by atoms with van der Waals surface area (Å²) in [5, 5.41) is 3.08. The van der Waals surface area contributed by atoms with Gasteiger partial charge in [-0.1, -0.05) is 29.8 Å². The van der Waals surface area contributed by atoms with Crippen LogP contribution < -0.4 is 5.32 Å². The van der Waals surface area contributed by atoms with Gasteiger partial charge in [-0.2, -0.15) is 0 Å². The van der Waals surface area contributed by atoms with E-state index >= 15 is 0 Å². The van der Waals surface area contributed by atoms with Crippen LogP contribution in [0.15, 0.2) is 21.5 Å². The zero-order chi connectivity index (χ0) is 16.0. The van der Waals surface area contributed by atoms with E-state index < -0.39 is 15.8 Å². The van der Waals surface area contributed by atoms with Crippen LogP contribution in [0.1, 0.15) is 32.3 Å². The molecule has 1 aromatic carbocycles. The third-order valence-electron chi connectivity index (χ3n) is 3.05. The Kier molecular flexibility index (Phi) is 7.26. The lowest BCUT2D eigenvalue weighted by molar-refractivity contribution is 0.460. The first kappa shape index (κ1) is 18.5. The van der Waals surface area contributed by atoms with Gasteiger partial charge in [-0.3, -0.25) is 0 Å². The Morgan fingerprint density at radius 1 is 1.29 bits per heavy atom. The molecule has 0 amide bonds. The van der Waals surface area contributed by atoms with E-state index in [2.05, 4.69) is 21.2 Å². The summed E-state index contributed by atoms with van der Waals surface area (Å²) < 4.78 is 41.1. The summed E-state index contributed by atoms with van der Waals surface area (Å²) in [6.07, 6.45) is 1.61. The molecule has 0 bridgehead atoms. The lowest BCUT2D eigenvalue weighted by Crippen LogP contribution is -2.29. The van der Waals surface area contributed by atoms with Gasteiger partial charge >= 0.3 is 0 Å². The molecule has 4 nitrogen and oxygen atoms in total. The van der Waals surface area contributed by atoms with Crippen molar-refractivity contribution < 1.29 is 12.8 Å². The molecule has 1 rings (SSSR count). The first-order valence-corrected chi connectivity index (χ1v) is 9.22. The van der Waals surface area contributed by atoms with Crippen molar-refractivity contribution in [2.45, 2.75) is 38.1 Å². The van der Waals surface area contributed by atoms with Crippen LogP contribution in [0.25, 0.3) is 0 Å². The van der Waals surface area contributed by atoms with Crippen LogP contribution in [0.3, 0.4) is 0 Å². The molecule has 0 atom stereocenters. The van der Waals surface area contributed by atoms with Crippen molar-refractivity contribution in [2.24, 2.45) is 0 Å². The number of rotatable bonds is 8. The van der Waals surface area contributed by atoms with Crippen molar-refractivity contribution in [3.8, 4) is 0 Å². The number of sulfonamides is 1. The van der Waals surface area contributed by atoms with Gasteiger partial charge in [0.05, 0.1) is 0 Å². The highest BCUT2D eigenvalue weighted by molar-refractivity contribution is 9.10. The van der Waals surface area contributed by atoms with Crippen molar-refractivity contribution in [1.82, 2.24) is 9.62 Å². The van der Waals surface area contributed by atoms with Crippen molar-refractivity contribution in [2.75, 3.05) is 20.1 Å². The molecule has 0 aliphatic heterocycles. The van der Waals surface area contributed by atoms with Crippen LogP contribution in [-0.4, -0.2) is 32.9 Å². The molecule has 0 spiro atoms. The Morgan fingerprint density at radius 2 is 1.95 bits per heavy atom. The van der Waals surface area contributed by atoms with E-state index in [4.69, 9.17) is 0 Å². The van der Waals surface area contributed by atoms with Gasteiger partial charge in [0.15, 0.2) is 0 Å². The molecule has 0 saturated carbocycles. The minimum absolute atomic E-state index is 0.277. The summed E-state index contributed by atoms with van der Waals surface area (Å²) in [5.41, 5.74) is 0.348. The van der Waals surface area contributed by atoms with E-state index in [0.29, 0.717) is 29.5 Å². The largest absolute Gasteiger partial charge is 0.313 e. The fraction of sp³-hybridized carbons (Fsp3) is 0.571. The fourth-order valence-electron chi connectivity index (χ4n) is 1.94. The summed E-state index contributed by atoms with van der Waals surface area (Å²) in [6.45, 7) is 5.31. The topological polar surface area (TPSA) is 49.4 Å². The number of nitrogens with zero attached hydrogens (tertiary/aromatic N) is 1. The van der Waals surface area contributed by atoms with Crippen LogP contribution in [0, 0.1) is 5.82 Å². The molecular weight excluding hydrogens is 359 g/mol. The Morgan fingerprint density at radius 3 is 2.52 bits per heavy atom. The Hall–Kier alpha value is -0.500. The lowest BCUT2D eigenvalue weighted by atomic mass is 10.2. The molecule has 1 aromatic rings. The van der Waals surface area contributed by atoms with Gasteiger partial charge in [-0.25, -0.2) is 17.1 Å². The normalized spacial score (nSPS) is 12.1. The summed E-state index contributed by atoms with van der Waals surface area (Å²) in [4.78, 5) is -0.277. The molecule has 0 aliphatic carbocycles. The number of halogens is 2. The highest BCUT2D eigenvalue weighted by atomic mass is 79.9. The van der Waals surface area contributed by atoms with Gasteiger partial charge < -0.3 is 5.32 Å². The van der Waals surface area contributed by atoms with Gasteiger partial charge in [0, 0.05) is 30.2 Å². The van der Waals surface area contributed by atoms with Crippen LogP contribution >= 0.6 is 15.9 Å². The second kappa shape index (κ2) is 8.22. The van der Waals surface area contributed by atoms with E-state index in [1.54, 1.807) is 6.07 Å². The average molecular weight is 381 g/mol. The molecule has 0 aliphatic rings. The lowest BCUT2D eigenvalue weighted by Gasteiger charge is -2.18. The van der Waals surface area contributed by atoms with Crippen LogP contribution in [-0.2, 0) is 16.6 Å². The second-order valence-corrected chi connectivity index (χ2v) is 7.81. The van der Waals surface area contributed by atoms with Gasteiger partial charge in [-0.05, 0) is 31.5 Å². The third-order valence-corrected chi connectivity index (χ3v) is 5.36. The van der Waals surface area contributed by atoms with Gasteiger partial charge in [-0.15, -0.1) is 0 Å². The molecule has 0 fully saturated rings. The molecular formula is C14H22BrFN2O2S. The van der Waals surface area contributed by atoms with Gasteiger partial charge in [0.25, 0.3) is 0 Å². The molecule has 0 radical (unpaired) electrons. The molecule has 120 valence electrons. The minimum Gasteiger partial charge on any atom is -0.313 e. The van der Waals surface area contributed by atoms with Crippen LogP contribution in [0.5, 0.6) is 0 Å². The average Bonchev–Trinajstić information content (AvgIpc) is 2.42. The van der Waals surface area contributed by atoms with E-state index in [9.17, 15) is 12.8 Å². The molecule has 0 saturated heterocycles. The predicted octanol–water partition coefficient (Wildman–Crippen LogP) is 3.12. The van der Waals surface area contributed by atoms with Crippen molar-refractivity contribution in [1.29, 1.82) is 0 Å². The van der Waals surface area contributed by atoms with Crippen molar-refractivity contribution >= 4 is 26.0 Å². The summed E-state index contributed by atoms with van der Waals surface area (Å²) >= 11 is 3.26. The number of benzene rings is 1. The summed E-state index contributed by atoms with van der Waals surface area (Å²) in [6, 6.07) is 2.93. The number of hydrogen-bond acceptors (Lipinski definition) is 3. The summed E-state index contributed by atoms with van der Waals surface area (Å²) in [7, 11) is -2.34. The zero-order valence-corrected chi connectivity index (χ0v) is 15.0. The maximum atomic E-state index is 14.5. The molecule has 7 heteroatoms. The first-order valence-electron chi connectivity index (χ1n) is 6.99. The molecule has 0 heterocycles. The fourth-order valence-corrected chi connectivity index (χ4v) is 3.99. The molecule has 21 heavy (non-hydrogen) atoms. The minimum atomic E-state index is -3.81. The number of hydrogen-bond donors (Lipinski definition) is 1. The third kappa shape index (κ3) is 4.74. The Bertz CT molecular complexity index is 579. The SMILES string of the molecule is CCCNCc1cc(Br)cc(S(=O)(=O)N(C)CCC)c1F. The maximum absolute atomic E-state index is 14.5. The molecule has 1 N–H and O–H groups in total. The van der Waals surface area contributed by atoms with Crippen LogP contribution in [0.2, 0.25) is 0 Å².